The molecule has 2 aliphatic rings. The van der Waals surface area contributed by atoms with Crippen molar-refractivity contribution in [2.75, 3.05) is 39.9 Å². The van der Waals surface area contributed by atoms with Gasteiger partial charge in [-0.25, -0.2) is 9.78 Å². The van der Waals surface area contributed by atoms with Gasteiger partial charge < -0.3 is 29.6 Å². The Bertz CT molecular complexity index is 1390. The van der Waals surface area contributed by atoms with E-state index in [0.717, 1.165) is 54.8 Å². The van der Waals surface area contributed by atoms with Crippen LogP contribution in [0.15, 0.2) is 48.5 Å². The van der Waals surface area contributed by atoms with Crippen LogP contribution in [-0.2, 0) is 22.3 Å². The van der Waals surface area contributed by atoms with Crippen molar-refractivity contribution in [3.63, 3.8) is 0 Å². The number of alkyl halides is 3. The summed E-state index contributed by atoms with van der Waals surface area (Å²) in [6.07, 6.45) is -2.86. The minimum absolute atomic E-state index is 0.0362. The first-order chi connectivity index (χ1) is 19.7. The topological polar surface area (TPSA) is 103 Å². The van der Waals surface area contributed by atoms with E-state index in [-0.39, 0.29) is 30.7 Å². The molecule has 3 heterocycles. The van der Waals surface area contributed by atoms with E-state index >= 15 is 0 Å². The Balaban J connectivity index is 1.26. The first-order valence-corrected chi connectivity index (χ1v) is 13.8. The highest BCUT2D eigenvalue weighted by atomic mass is 19.4. The van der Waals surface area contributed by atoms with E-state index in [2.05, 4.69) is 10.6 Å². The Kier molecular flexibility index (Phi) is 8.50. The first-order valence-electron chi connectivity index (χ1n) is 13.8. The van der Waals surface area contributed by atoms with Crippen molar-refractivity contribution in [2.24, 2.45) is 11.7 Å². The molecule has 0 bridgehead atoms. The molecule has 2 aromatic carbocycles. The third-order valence-corrected chi connectivity index (χ3v) is 7.82. The molecule has 0 saturated carbocycles. The van der Waals surface area contributed by atoms with Crippen LogP contribution in [0.1, 0.15) is 36.6 Å². The third kappa shape index (κ3) is 6.33. The van der Waals surface area contributed by atoms with Gasteiger partial charge in [-0.05, 0) is 49.6 Å². The molecule has 2 N–H and O–H groups in total. The van der Waals surface area contributed by atoms with Crippen LogP contribution in [0.5, 0.6) is 5.75 Å². The van der Waals surface area contributed by atoms with Crippen molar-refractivity contribution in [3.05, 3.63) is 59.9 Å². The molecule has 41 heavy (non-hydrogen) atoms. The number of para-hydroxylation sites is 2. The number of aromatic nitrogens is 2. The van der Waals surface area contributed by atoms with Crippen molar-refractivity contribution in [1.82, 2.24) is 19.4 Å². The Morgan fingerprint density at radius 2 is 1.88 bits per heavy atom. The lowest BCUT2D eigenvalue weighted by Crippen LogP contribution is -2.47. The van der Waals surface area contributed by atoms with E-state index in [9.17, 15) is 22.8 Å². The number of fused-ring (bicyclic) bond motifs is 1. The lowest BCUT2D eigenvalue weighted by molar-refractivity contribution is -0.138. The van der Waals surface area contributed by atoms with Crippen molar-refractivity contribution in [3.8, 4) is 5.75 Å². The van der Waals surface area contributed by atoms with Crippen LogP contribution in [-0.4, -0.2) is 77.3 Å². The molecule has 0 unspecified atom stereocenters. The van der Waals surface area contributed by atoms with Gasteiger partial charge in [0.05, 0.1) is 22.5 Å². The summed E-state index contributed by atoms with van der Waals surface area (Å²) in [6.45, 7) is 2.56. The van der Waals surface area contributed by atoms with E-state index in [0.29, 0.717) is 19.7 Å². The van der Waals surface area contributed by atoms with Gasteiger partial charge in [0.2, 0.25) is 5.91 Å². The highest BCUT2D eigenvalue weighted by Crippen LogP contribution is 2.33. The van der Waals surface area contributed by atoms with Gasteiger partial charge in [0, 0.05) is 58.4 Å². The van der Waals surface area contributed by atoms with Crippen LogP contribution in [0.4, 0.5) is 18.0 Å². The van der Waals surface area contributed by atoms with Crippen LogP contribution in [0.2, 0.25) is 0 Å². The average Bonchev–Trinajstić information content (AvgIpc) is 3.53. The lowest BCUT2D eigenvalue weighted by Gasteiger charge is -2.34. The van der Waals surface area contributed by atoms with Crippen molar-refractivity contribution >= 4 is 23.0 Å². The Hall–Kier alpha value is -3.64. The molecule has 220 valence electrons. The number of nitrogens with zero attached hydrogens (tertiary/aromatic N) is 4. The molecule has 12 heteroatoms. The zero-order chi connectivity index (χ0) is 29.1. The van der Waals surface area contributed by atoms with Crippen molar-refractivity contribution in [1.29, 1.82) is 0 Å². The molecule has 0 spiro atoms. The second-order valence-electron chi connectivity index (χ2n) is 10.6. The Morgan fingerprint density at radius 3 is 2.66 bits per heavy atom. The highest BCUT2D eigenvalue weighted by Gasteiger charge is 2.42. The number of rotatable bonds is 7. The lowest BCUT2D eigenvalue weighted by atomic mass is 9.94. The summed E-state index contributed by atoms with van der Waals surface area (Å²) in [6, 6.07) is 11.5. The summed E-state index contributed by atoms with van der Waals surface area (Å²) in [4.78, 5) is 34.4. The van der Waals surface area contributed by atoms with Crippen LogP contribution in [0, 0.1) is 5.92 Å². The summed E-state index contributed by atoms with van der Waals surface area (Å²) in [5, 5.41) is 0. The Labute approximate surface area is 236 Å². The second kappa shape index (κ2) is 12.1. The maximum atomic E-state index is 13.6. The number of hydrogen-bond donors (Lipinski definition) is 1. The van der Waals surface area contributed by atoms with Gasteiger partial charge >= 0.3 is 12.3 Å². The van der Waals surface area contributed by atoms with Crippen LogP contribution < -0.4 is 10.5 Å². The molecule has 1 aromatic heterocycles. The predicted octanol–water partition coefficient (Wildman–Crippen LogP) is 4.26. The van der Waals surface area contributed by atoms with Gasteiger partial charge in [-0.3, -0.25) is 4.79 Å². The summed E-state index contributed by atoms with van der Waals surface area (Å²) in [5.74, 6) is -0.00793. The molecule has 2 aliphatic heterocycles. The molecule has 2 fully saturated rings. The zero-order valence-corrected chi connectivity index (χ0v) is 22.8. The van der Waals surface area contributed by atoms with Crippen LogP contribution in [0.25, 0.3) is 11.0 Å². The van der Waals surface area contributed by atoms with E-state index < -0.39 is 29.8 Å². The smallest absolute Gasteiger partial charge is 0.410 e. The molecule has 3 aromatic rings. The number of nitrogens with two attached hydrogens (primary N) is 1. The number of ether oxygens (including phenoxy) is 2. The average molecular weight is 574 g/mol. The first kappa shape index (κ1) is 28.9. The molecule has 0 radical (unpaired) electrons. The third-order valence-electron chi connectivity index (χ3n) is 7.82. The summed E-state index contributed by atoms with van der Waals surface area (Å²) >= 11 is 0. The van der Waals surface area contributed by atoms with Crippen LogP contribution >= 0.6 is 0 Å². The van der Waals surface area contributed by atoms with Gasteiger partial charge in [0.15, 0.2) is 0 Å². The molecular weight excluding hydrogens is 539 g/mol. The molecule has 5 rings (SSSR count). The molecule has 9 nitrogen and oxygen atoms in total. The highest BCUT2D eigenvalue weighted by molar-refractivity contribution is 5.82. The minimum atomic E-state index is -4.56. The number of methoxy groups -OCH3 is 1. The summed E-state index contributed by atoms with van der Waals surface area (Å²) in [5.41, 5.74) is 7.35. The van der Waals surface area contributed by atoms with Crippen LogP contribution in [0.3, 0.4) is 0 Å². The normalized spacial score (nSPS) is 21.4. The number of carbonyl (C=O) groups excluding carboxylic acids is 2. The molecule has 2 amide bonds. The number of hydrogen-bond acceptors (Lipinski definition) is 6. The minimum Gasteiger partial charge on any atom is -0.410 e. The number of halogens is 3. The molecular formula is C29H34F3N5O4. The number of imidazole rings is 1. The van der Waals surface area contributed by atoms with E-state index in [1.54, 1.807) is 12.0 Å². The Morgan fingerprint density at radius 1 is 1.07 bits per heavy atom. The van der Waals surface area contributed by atoms with Gasteiger partial charge in [-0.15, -0.1) is 0 Å². The SMILES string of the molecule is COCCCn1c([C@@H]2CCCN(C(=O)[C@@H]3CN(C(=O)Oc4cccc(C(F)(F)F)c4)C[C@H]3N)C2)nc2ccccc21. The quantitative estimate of drug-likeness (QED) is 0.424. The standard InChI is InChI=1S/C29H34F3N5O4/c1-40-14-6-13-37-25-11-3-2-10-24(25)34-26(37)19-7-5-12-35(16-19)27(38)22-17-36(18-23(22)33)28(39)41-21-9-4-8-20(15-21)29(30,31)32/h2-4,8-11,15,19,22-23H,5-7,12-14,16-18,33H2,1H3/t19-,22-,23-/m1/s1. The fourth-order valence-electron chi connectivity index (χ4n) is 5.77. The van der Waals surface area contributed by atoms with Crippen molar-refractivity contribution < 1.29 is 32.2 Å². The van der Waals surface area contributed by atoms with Gasteiger partial charge in [-0.1, -0.05) is 18.2 Å². The number of carbonyl (C=O) groups is 2. The van der Waals surface area contributed by atoms with Crippen molar-refractivity contribution in [2.45, 2.75) is 43.9 Å². The number of amides is 2. The van der Waals surface area contributed by atoms with E-state index in [1.165, 1.54) is 17.0 Å². The number of likely N-dealkylation sites (tertiary alicyclic amines) is 2. The van der Waals surface area contributed by atoms with Gasteiger partial charge in [0.1, 0.15) is 11.6 Å². The predicted molar refractivity (Wildman–Crippen MR) is 145 cm³/mol. The number of benzene rings is 2. The second-order valence-corrected chi connectivity index (χ2v) is 10.6. The monoisotopic (exact) mass is 573 g/mol. The largest absolute Gasteiger partial charge is 0.416 e. The zero-order valence-electron chi connectivity index (χ0n) is 22.8. The van der Waals surface area contributed by atoms with Gasteiger partial charge in [-0.2, -0.15) is 13.2 Å². The fraction of sp³-hybridized carbons (Fsp3) is 0.483. The summed E-state index contributed by atoms with van der Waals surface area (Å²) < 4.78 is 51.8. The molecule has 0 aliphatic carbocycles. The van der Waals surface area contributed by atoms with E-state index in [1.807, 2.05) is 18.2 Å². The molecule has 2 saturated heterocycles. The maximum absolute atomic E-state index is 13.6. The number of aryl methyl sites for hydroxylation is 1. The maximum Gasteiger partial charge on any atom is 0.416 e. The number of piperidine rings is 1. The van der Waals surface area contributed by atoms with Gasteiger partial charge in [0.25, 0.3) is 0 Å². The fourth-order valence-corrected chi connectivity index (χ4v) is 5.77. The molecule has 3 atom stereocenters. The van der Waals surface area contributed by atoms with E-state index in [4.69, 9.17) is 20.2 Å². The summed E-state index contributed by atoms with van der Waals surface area (Å²) in [7, 11) is 1.68.